The molecule has 0 saturated carbocycles. The van der Waals surface area contributed by atoms with Crippen molar-refractivity contribution in [3.05, 3.63) is 64.7 Å². The summed E-state index contributed by atoms with van der Waals surface area (Å²) in [6.45, 7) is 1.41. The molecule has 0 saturated heterocycles. The molecule has 1 heterocycles. The molecular weight excluding hydrogens is 416 g/mol. The Balaban J connectivity index is 1.63. The number of fused-ring (bicyclic) bond motifs is 1. The summed E-state index contributed by atoms with van der Waals surface area (Å²) in [5.41, 5.74) is 1.02. The van der Waals surface area contributed by atoms with Crippen LogP contribution in [0.15, 0.2) is 42.5 Å². The Labute approximate surface area is 184 Å². The largest absolute Gasteiger partial charge is 0.452 e. The van der Waals surface area contributed by atoms with Gasteiger partial charge in [0.05, 0.1) is 22.4 Å². The highest BCUT2D eigenvalue weighted by molar-refractivity contribution is 6.22. The van der Waals surface area contributed by atoms with Crippen LogP contribution in [-0.2, 0) is 14.3 Å². The first-order valence-electron chi connectivity index (χ1n) is 9.89. The predicted octanol–water partition coefficient (Wildman–Crippen LogP) is 2.32. The van der Waals surface area contributed by atoms with Gasteiger partial charge in [-0.3, -0.25) is 24.1 Å². The van der Waals surface area contributed by atoms with E-state index in [9.17, 15) is 24.0 Å². The van der Waals surface area contributed by atoms with Crippen LogP contribution in [0.2, 0.25) is 0 Å². The normalized spacial score (nSPS) is 12.5. The molecule has 2 aromatic carbocycles. The highest BCUT2D eigenvalue weighted by Gasteiger charge is 2.35. The Morgan fingerprint density at radius 3 is 2.44 bits per heavy atom. The molecule has 9 nitrogen and oxygen atoms in total. The van der Waals surface area contributed by atoms with E-state index in [4.69, 9.17) is 9.47 Å². The fraction of sp³-hybridized carbons (Fsp3) is 0.261. The maximum Gasteiger partial charge on any atom is 0.338 e. The van der Waals surface area contributed by atoms with Crippen molar-refractivity contribution in [3.8, 4) is 0 Å². The standard InChI is InChI=1S/C23H22N2O7/c1-14(26)16-6-3-4-7-19(16)24-20(27)13-32-23(30)15-8-9-17-18(12-15)22(29)25(21(17)28)10-5-11-31-2/h3-4,6-9,12H,5,10-11,13H2,1-2H3,(H,24,27). The lowest BCUT2D eigenvalue weighted by molar-refractivity contribution is -0.119. The van der Waals surface area contributed by atoms with Gasteiger partial charge in [0.25, 0.3) is 17.7 Å². The Morgan fingerprint density at radius 2 is 1.72 bits per heavy atom. The summed E-state index contributed by atoms with van der Waals surface area (Å²) in [7, 11) is 1.53. The number of nitrogens with zero attached hydrogens (tertiary/aromatic N) is 1. The SMILES string of the molecule is COCCCN1C(=O)c2ccc(C(=O)OCC(=O)Nc3ccccc3C(C)=O)cc2C1=O. The summed E-state index contributed by atoms with van der Waals surface area (Å²) in [5, 5.41) is 2.53. The molecule has 166 valence electrons. The van der Waals surface area contributed by atoms with Crippen molar-refractivity contribution in [1.82, 2.24) is 4.90 Å². The molecule has 0 aliphatic carbocycles. The molecule has 32 heavy (non-hydrogen) atoms. The number of imide groups is 1. The smallest absolute Gasteiger partial charge is 0.338 e. The van der Waals surface area contributed by atoms with E-state index in [-0.39, 0.29) is 29.0 Å². The molecule has 0 unspecified atom stereocenters. The van der Waals surface area contributed by atoms with Gasteiger partial charge in [0.2, 0.25) is 0 Å². The van der Waals surface area contributed by atoms with Gasteiger partial charge in [-0.05, 0) is 43.7 Å². The van der Waals surface area contributed by atoms with Gasteiger partial charge < -0.3 is 14.8 Å². The van der Waals surface area contributed by atoms with Crippen LogP contribution in [0, 0.1) is 0 Å². The van der Waals surface area contributed by atoms with Gasteiger partial charge in [-0.25, -0.2) is 4.79 Å². The minimum Gasteiger partial charge on any atom is -0.452 e. The van der Waals surface area contributed by atoms with E-state index in [1.54, 1.807) is 24.3 Å². The van der Waals surface area contributed by atoms with Crippen molar-refractivity contribution in [1.29, 1.82) is 0 Å². The number of ketones is 1. The van der Waals surface area contributed by atoms with E-state index in [1.807, 2.05) is 0 Å². The van der Waals surface area contributed by atoms with E-state index >= 15 is 0 Å². The van der Waals surface area contributed by atoms with Crippen LogP contribution in [0.4, 0.5) is 5.69 Å². The molecule has 0 aromatic heterocycles. The molecule has 3 amide bonds. The van der Waals surface area contributed by atoms with E-state index in [0.29, 0.717) is 24.3 Å². The third kappa shape index (κ3) is 4.89. The number of anilines is 1. The van der Waals surface area contributed by atoms with E-state index in [1.165, 1.54) is 32.2 Å². The molecule has 2 aromatic rings. The quantitative estimate of drug-likeness (QED) is 0.276. The first-order chi connectivity index (χ1) is 15.3. The number of ether oxygens (including phenoxy) is 2. The van der Waals surface area contributed by atoms with Crippen LogP contribution < -0.4 is 5.32 Å². The topological polar surface area (TPSA) is 119 Å². The highest BCUT2D eigenvalue weighted by Crippen LogP contribution is 2.24. The van der Waals surface area contributed by atoms with Crippen molar-refractivity contribution in [2.75, 3.05) is 32.2 Å². The monoisotopic (exact) mass is 438 g/mol. The minimum absolute atomic E-state index is 0.0422. The van der Waals surface area contributed by atoms with Crippen LogP contribution >= 0.6 is 0 Å². The number of hydrogen-bond acceptors (Lipinski definition) is 7. The summed E-state index contributed by atoms with van der Waals surface area (Å²) in [6, 6.07) is 10.5. The summed E-state index contributed by atoms with van der Waals surface area (Å²) in [6.07, 6.45) is 0.499. The minimum atomic E-state index is -0.819. The van der Waals surface area contributed by atoms with Crippen molar-refractivity contribution in [2.45, 2.75) is 13.3 Å². The number of nitrogens with one attached hydrogen (secondary N) is 1. The Hall–Kier alpha value is -3.85. The van der Waals surface area contributed by atoms with Crippen LogP contribution in [-0.4, -0.2) is 61.2 Å². The lowest BCUT2D eigenvalue weighted by Crippen LogP contribution is -2.31. The molecule has 1 N–H and O–H groups in total. The highest BCUT2D eigenvalue weighted by atomic mass is 16.5. The number of methoxy groups -OCH3 is 1. The number of carbonyl (C=O) groups excluding carboxylic acids is 5. The third-order valence-electron chi connectivity index (χ3n) is 4.85. The number of esters is 1. The van der Waals surface area contributed by atoms with Gasteiger partial charge in [0.15, 0.2) is 12.4 Å². The zero-order chi connectivity index (χ0) is 23.3. The molecule has 0 atom stereocenters. The summed E-state index contributed by atoms with van der Waals surface area (Å²) >= 11 is 0. The number of benzene rings is 2. The van der Waals surface area contributed by atoms with Gasteiger partial charge >= 0.3 is 5.97 Å². The van der Waals surface area contributed by atoms with Crippen LogP contribution in [0.3, 0.4) is 0 Å². The molecule has 0 radical (unpaired) electrons. The van der Waals surface area contributed by atoms with E-state index < -0.39 is 30.3 Å². The Bertz CT molecular complexity index is 1090. The predicted molar refractivity (Wildman–Crippen MR) is 114 cm³/mol. The fourth-order valence-electron chi connectivity index (χ4n) is 3.29. The number of rotatable bonds is 9. The lowest BCUT2D eigenvalue weighted by atomic mass is 10.1. The summed E-state index contributed by atoms with van der Waals surface area (Å²) in [5.74, 6) is -2.57. The van der Waals surface area contributed by atoms with Gasteiger partial charge in [-0.2, -0.15) is 0 Å². The molecule has 0 fully saturated rings. The average molecular weight is 438 g/mol. The van der Waals surface area contributed by atoms with Crippen molar-refractivity contribution in [2.24, 2.45) is 0 Å². The van der Waals surface area contributed by atoms with Gasteiger partial charge in [0, 0.05) is 25.8 Å². The molecule has 0 spiro atoms. The zero-order valence-electron chi connectivity index (χ0n) is 17.7. The molecular formula is C23H22N2O7. The number of carbonyl (C=O) groups is 5. The van der Waals surface area contributed by atoms with E-state index in [2.05, 4.69) is 5.32 Å². The number of para-hydroxylation sites is 1. The molecule has 1 aliphatic heterocycles. The second-order valence-electron chi connectivity index (χ2n) is 7.09. The van der Waals surface area contributed by atoms with Crippen molar-refractivity contribution < 1.29 is 33.4 Å². The number of amides is 3. The maximum atomic E-state index is 12.6. The second kappa shape index (κ2) is 9.97. The number of hydrogen-bond donors (Lipinski definition) is 1. The maximum absolute atomic E-state index is 12.6. The molecule has 1 aliphatic rings. The first kappa shape index (κ1) is 22.8. The lowest BCUT2D eigenvalue weighted by Gasteiger charge is -2.12. The first-order valence-corrected chi connectivity index (χ1v) is 9.89. The summed E-state index contributed by atoms with van der Waals surface area (Å²) in [4.78, 5) is 62.3. The fourth-order valence-corrected chi connectivity index (χ4v) is 3.29. The van der Waals surface area contributed by atoms with Crippen LogP contribution in [0.1, 0.15) is 54.8 Å². The van der Waals surface area contributed by atoms with Crippen molar-refractivity contribution >= 4 is 35.2 Å². The molecule has 0 bridgehead atoms. The molecule has 3 rings (SSSR count). The third-order valence-corrected chi connectivity index (χ3v) is 4.85. The number of Topliss-reactive ketones (excluding diaryl/α,β-unsaturated/α-hetero) is 1. The second-order valence-corrected chi connectivity index (χ2v) is 7.09. The summed E-state index contributed by atoms with van der Waals surface area (Å²) < 4.78 is 9.97. The van der Waals surface area contributed by atoms with Gasteiger partial charge in [-0.1, -0.05) is 12.1 Å². The zero-order valence-corrected chi connectivity index (χ0v) is 17.7. The Kier molecular flexibility index (Phi) is 7.11. The average Bonchev–Trinajstić information content (AvgIpc) is 3.02. The van der Waals surface area contributed by atoms with Crippen molar-refractivity contribution in [3.63, 3.8) is 0 Å². The van der Waals surface area contributed by atoms with Crippen LogP contribution in [0.5, 0.6) is 0 Å². The van der Waals surface area contributed by atoms with E-state index in [0.717, 1.165) is 4.90 Å². The Morgan fingerprint density at radius 1 is 1.00 bits per heavy atom. The molecule has 9 heteroatoms. The van der Waals surface area contributed by atoms with Gasteiger partial charge in [-0.15, -0.1) is 0 Å². The van der Waals surface area contributed by atoms with Crippen LogP contribution in [0.25, 0.3) is 0 Å². The van der Waals surface area contributed by atoms with Gasteiger partial charge in [0.1, 0.15) is 0 Å².